The summed E-state index contributed by atoms with van der Waals surface area (Å²) >= 11 is 0. The average molecular weight is 308 g/mol. The second-order valence-corrected chi connectivity index (χ2v) is 4.84. The molecule has 0 aliphatic carbocycles. The third-order valence-corrected chi connectivity index (χ3v) is 3.16. The van der Waals surface area contributed by atoms with Gasteiger partial charge in [0, 0.05) is 11.1 Å². The van der Waals surface area contributed by atoms with Gasteiger partial charge in [0.2, 0.25) is 0 Å². The number of aliphatic hydroxyl groups excluding tert-OH is 1. The monoisotopic (exact) mass is 308 g/mol. The van der Waals surface area contributed by atoms with Crippen LogP contribution in [0.5, 0.6) is 0 Å². The Labute approximate surface area is 133 Å². The van der Waals surface area contributed by atoms with Crippen LogP contribution in [0, 0.1) is 5.41 Å². The standard InChI is InChI=1S/C18H16N2O3/c1-12(21)15(16(22)13-8-4-2-5-9-13)17(19)20-18(23)14-10-6-3-7-11-14/h2-11,22H,1H3,(H2,19,20,23). The summed E-state index contributed by atoms with van der Waals surface area (Å²) in [5.74, 6) is -1.80. The Bertz CT molecular complexity index is 765. The summed E-state index contributed by atoms with van der Waals surface area (Å²) in [6, 6.07) is 16.8. The first-order chi connectivity index (χ1) is 11.0. The Hall–Kier alpha value is -3.21. The highest BCUT2D eigenvalue weighted by atomic mass is 16.3. The summed E-state index contributed by atoms with van der Waals surface area (Å²) < 4.78 is 0. The van der Waals surface area contributed by atoms with Crippen LogP contribution < -0.4 is 5.32 Å². The van der Waals surface area contributed by atoms with E-state index in [2.05, 4.69) is 5.32 Å². The van der Waals surface area contributed by atoms with E-state index in [4.69, 9.17) is 5.41 Å². The minimum atomic E-state index is -0.518. The Morgan fingerprint density at radius 2 is 1.39 bits per heavy atom. The lowest BCUT2D eigenvalue weighted by Gasteiger charge is -2.11. The zero-order valence-electron chi connectivity index (χ0n) is 12.5. The fourth-order valence-electron chi connectivity index (χ4n) is 2.04. The van der Waals surface area contributed by atoms with E-state index in [9.17, 15) is 14.7 Å². The lowest BCUT2D eigenvalue weighted by atomic mass is 10.0. The molecule has 2 aromatic carbocycles. The van der Waals surface area contributed by atoms with Gasteiger partial charge in [-0.25, -0.2) is 0 Å². The first kappa shape index (κ1) is 16.2. The van der Waals surface area contributed by atoms with E-state index in [1.165, 1.54) is 6.92 Å². The number of carbonyl (C=O) groups is 2. The molecule has 0 unspecified atom stereocenters. The summed E-state index contributed by atoms with van der Waals surface area (Å²) in [6.07, 6.45) is 0. The number of hydrogen-bond donors (Lipinski definition) is 3. The summed E-state index contributed by atoms with van der Waals surface area (Å²) in [6.45, 7) is 1.23. The van der Waals surface area contributed by atoms with Crippen LogP contribution in [0.2, 0.25) is 0 Å². The molecule has 0 aliphatic heterocycles. The predicted octanol–water partition coefficient (Wildman–Crippen LogP) is 2.95. The van der Waals surface area contributed by atoms with Crippen molar-refractivity contribution in [3.63, 3.8) is 0 Å². The molecule has 5 nitrogen and oxygen atoms in total. The SMILES string of the molecule is CC(=O)C(C(=N)NC(=O)c1ccccc1)=C(O)c1ccccc1. The highest BCUT2D eigenvalue weighted by Crippen LogP contribution is 2.17. The zero-order valence-corrected chi connectivity index (χ0v) is 12.5. The number of aliphatic hydroxyl groups is 1. The molecule has 0 saturated carbocycles. The van der Waals surface area contributed by atoms with Crippen LogP contribution in [-0.4, -0.2) is 22.6 Å². The number of benzene rings is 2. The third kappa shape index (κ3) is 3.91. The van der Waals surface area contributed by atoms with E-state index in [-0.39, 0.29) is 11.3 Å². The summed E-state index contributed by atoms with van der Waals surface area (Å²) in [5.41, 5.74) is 0.524. The van der Waals surface area contributed by atoms with Gasteiger partial charge in [-0.1, -0.05) is 48.5 Å². The fourth-order valence-corrected chi connectivity index (χ4v) is 2.04. The van der Waals surface area contributed by atoms with Gasteiger partial charge < -0.3 is 10.4 Å². The maximum Gasteiger partial charge on any atom is 0.256 e. The van der Waals surface area contributed by atoms with Gasteiger partial charge >= 0.3 is 0 Å². The van der Waals surface area contributed by atoms with Gasteiger partial charge in [-0.2, -0.15) is 0 Å². The highest BCUT2D eigenvalue weighted by Gasteiger charge is 2.20. The lowest BCUT2D eigenvalue weighted by molar-refractivity contribution is -0.113. The molecule has 0 saturated heterocycles. The van der Waals surface area contributed by atoms with Crippen molar-refractivity contribution in [2.45, 2.75) is 6.92 Å². The molecule has 0 aromatic heterocycles. The molecule has 5 heteroatoms. The molecular weight excluding hydrogens is 292 g/mol. The number of Topliss-reactive ketones (excluding diaryl/α,β-unsaturated/α-hetero) is 1. The van der Waals surface area contributed by atoms with Crippen molar-refractivity contribution in [1.29, 1.82) is 5.41 Å². The molecule has 0 heterocycles. The maximum atomic E-state index is 12.1. The Morgan fingerprint density at radius 3 is 1.87 bits per heavy atom. The second-order valence-electron chi connectivity index (χ2n) is 4.84. The number of carbonyl (C=O) groups excluding carboxylic acids is 2. The molecule has 0 atom stereocenters. The topological polar surface area (TPSA) is 90.3 Å². The Kier molecular flexibility index (Phi) is 5.04. The molecular formula is C18H16N2O3. The molecule has 0 bridgehead atoms. The maximum absolute atomic E-state index is 12.1. The van der Waals surface area contributed by atoms with Gasteiger partial charge in [0.15, 0.2) is 5.78 Å². The normalized spacial score (nSPS) is 11.3. The van der Waals surface area contributed by atoms with Crippen molar-refractivity contribution in [1.82, 2.24) is 5.32 Å². The van der Waals surface area contributed by atoms with Gasteiger partial charge in [0.25, 0.3) is 5.91 Å². The number of rotatable bonds is 4. The van der Waals surface area contributed by atoms with Crippen LogP contribution in [0.4, 0.5) is 0 Å². The Balaban J connectivity index is 2.30. The average Bonchev–Trinajstić information content (AvgIpc) is 2.56. The van der Waals surface area contributed by atoms with Crippen LogP contribution in [0.1, 0.15) is 22.8 Å². The highest BCUT2D eigenvalue weighted by molar-refractivity contribution is 6.27. The summed E-state index contributed by atoms with van der Waals surface area (Å²) in [7, 11) is 0. The van der Waals surface area contributed by atoms with Gasteiger partial charge in [-0.3, -0.25) is 15.0 Å². The fraction of sp³-hybridized carbons (Fsp3) is 0.0556. The molecule has 2 aromatic rings. The van der Waals surface area contributed by atoms with Crippen molar-refractivity contribution < 1.29 is 14.7 Å². The Morgan fingerprint density at radius 1 is 0.913 bits per heavy atom. The van der Waals surface area contributed by atoms with E-state index < -0.39 is 17.5 Å². The van der Waals surface area contributed by atoms with Gasteiger partial charge in [-0.05, 0) is 19.1 Å². The molecule has 2 rings (SSSR count). The van der Waals surface area contributed by atoms with E-state index in [1.54, 1.807) is 60.7 Å². The largest absolute Gasteiger partial charge is 0.506 e. The molecule has 0 spiro atoms. The van der Waals surface area contributed by atoms with Crippen molar-refractivity contribution in [2.24, 2.45) is 0 Å². The lowest BCUT2D eigenvalue weighted by Crippen LogP contribution is -2.33. The first-order valence-electron chi connectivity index (χ1n) is 6.95. The minimum absolute atomic E-state index is 0.236. The van der Waals surface area contributed by atoms with Crippen LogP contribution >= 0.6 is 0 Å². The van der Waals surface area contributed by atoms with E-state index in [1.807, 2.05) is 0 Å². The molecule has 23 heavy (non-hydrogen) atoms. The van der Waals surface area contributed by atoms with E-state index in [0.29, 0.717) is 11.1 Å². The summed E-state index contributed by atoms with van der Waals surface area (Å²) in [5, 5.41) is 20.6. The predicted molar refractivity (Wildman–Crippen MR) is 88.3 cm³/mol. The first-order valence-corrected chi connectivity index (χ1v) is 6.95. The molecule has 3 N–H and O–H groups in total. The van der Waals surface area contributed by atoms with Crippen molar-refractivity contribution >= 4 is 23.3 Å². The van der Waals surface area contributed by atoms with Gasteiger partial charge in [0.05, 0.1) is 0 Å². The molecule has 1 amide bonds. The van der Waals surface area contributed by atoms with Gasteiger partial charge in [0.1, 0.15) is 17.2 Å². The van der Waals surface area contributed by atoms with E-state index in [0.717, 1.165) is 0 Å². The number of nitrogens with one attached hydrogen (secondary N) is 2. The van der Waals surface area contributed by atoms with Crippen LogP contribution in [-0.2, 0) is 4.79 Å². The van der Waals surface area contributed by atoms with Crippen molar-refractivity contribution in [2.75, 3.05) is 0 Å². The molecule has 0 aliphatic rings. The summed E-state index contributed by atoms with van der Waals surface area (Å²) in [4.78, 5) is 23.9. The van der Waals surface area contributed by atoms with Gasteiger partial charge in [-0.15, -0.1) is 0 Å². The molecule has 0 radical (unpaired) electrons. The van der Waals surface area contributed by atoms with E-state index >= 15 is 0 Å². The smallest absolute Gasteiger partial charge is 0.256 e. The third-order valence-electron chi connectivity index (χ3n) is 3.16. The molecule has 116 valence electrons. The second kappa shape index (κ2) is 7.17. The zero-order chi connectivity index (χ0) is 16.8. The number of amides is 1. The van der Waals surface area contributed by atoms with Crippen molar-refractivity contribution in [3.8, 4) is 0 Å². The number of amidine groups is 1. The quantitative estimate of drug-likeness (QED) is 0.351. The number of ketones is 1. The minimum Gasteiger partial charge on any atom is -0.506 e. The molecule has 0 fully saturated rings. The van der Waals surface area contributed by atoms with Crippen molar-refractivity contribution in [3.05, 3.63) is 77.4 Å². The van der Waals surface area contributed by atoms with Crippen LogP contribution in [0.15, 0.2) is 66.2 Å². The van der Waals surface area contributed by atoms with Crippen LogP contribution in [0.25, 0.3) is 5.76 Å². The van der Waals surface area contributed by atoms with Crippen LogP contribution in [0.3, 0.4) is 0 Å². The number of hydrogen-bond acceptors (Lipinski definition) is 4.